The molecule has 21 heavy (non-hydrogen) atoms. The number of halogens is 2. The van der Waals surface area contributed by atoms with E-state index in [1.54, 1.807) is 13.0 Å². The molecule has 0 aliphatic carbocycles. The van der Waals surface area contributed by atoms with Gasteiger partial charge in [0.05, 0.1) is 11.7 Å². The average Bonchev–Trinajstić information content (AvgIpc) is 2.43. The molecule has 2 rings (SSSR count). The van der Waals surface area contributed by atoms with Crippen molar-refractivity contribution in [3.05, 3.63) is 57.8 Å². The van der Waals surface area contributed by atoms with Crippen LogP contribution in [0.25, 0.3) is 0 Å². The van der Waals surface area contributed by atoms with Gasteiger partial charge in [-0.3, -0.25) is 4.79 Å². The molecule has 1 amide bonds. The van der Waals surface area contributed by atoms with Gasteiger partial charge in [-0.25, -0.2) is 4.98 Å². The Morgan fingerprint density at radius 2 is 2.00 bits per heavy atom. The van der Waals surface area contributed by atoms with Gasteiger partial charge in [0.2, 0.25) is 5.91 Å². The number of hydrogen-bond acceptors (Lipinski definition) is 3. The third-order valence-corrected chi connectivity index (χ3v) is 3.49. The summed E-state index contributed by atoms with van der Waals surface area (Å²) in [6, 6.07) is 10.5. The fourth-order valence-electron chi connectivity index (χ4n) is 1.92. The van der Waals surface area contributed by atoms with E-state index in [-0.39, 0.29) is 16.2 Å². The molecule has 110 valence electrons. The monoisotopic (exact) mass is 323 g/mol. The highest BCUT2D eigenvalue weighted by atomic mass is 35.5. The molecule has 0 fully saturated rings. The number of anilines is 1. The first-order valence-electron chi connectivity index (χ1n) is 6.40. The second-order valence-electron chi connectivity index (χ2n) is 4.71. The molecule has 4 nitrogen and oxygen atoms in total. The molecule has 1 aromatic heterocycles. The molecule has 3 N–H and O–H groups in total. The molecule has 0 aliphatic heterocycles. The third-order valence-electron chi connectivity index (χ3n) is 3.02. The molecule has 6 heteroatoms. The number of carbonyl (C=O) groups excluding carboxylic acids is 1. The molecule has 1 aromatic carbocycles. The fraction of sp³-hybridized carbons (Fsp3) is 0.200. The zero-order chi connectivity index (χ0) is 15.4. The Hall–Kier alpha value is -1.62. The van der Waals surface area contributed by atoms with E-state index in [1.165, 1.54) is 0 Å². The summed E-state index contributed by atoms with van der Waals surface area (Å²) in [6.45, 7) is 1.79. The minimum absolute atomic E-state index is 0.153. The Morgan fingerprint density at radius 3 is 2.62 bits per heavy atom. The van der Waals surface area contributed by atoms with Gasteiger partial charge in [0.15, 0.2) is 5.15 Å². The van der Waals surface area contributed by atoms with Crippen molar-refractivity contribution >= 4 is 34.8 Å². The summed E-state index contributed by atoms with van der Waals surface area (Å²) in [6.07, 6.45) is 0.449. The number of nitrogens with zero attached hydrogens (tertiary/aromatic N) is 1. The molecular weight excluding hydrogens is 309 g/mol. The Bertz CT molecular complexity index is 624. The van der Waals surface area contributed by atoms with Gasteiger partial charge in [0.1, 0.15) is 5.15 Å². The molecule has 0 saturated carbocycles. The smallest absolute Gasteiger partial charge is 0.241 e. The van der Waals surface area contributed by atoms with Crippen LogP contribution >= 0.6 is 23.2 Å². The van der Waals surface area contributed by atoms with Crippen molar-refractivity contribution in [3.8, 4) is 0 Å². The number of nitrogens with two attached hydrogens (primary N) is 1. The van der Waals surface area contributed by atoms with Gasteiger partial charge in [-0.05, 0) is 30.5 Å². The first-order chi connectivity index (χ1) is 9.97. The van der Waals surface area contributed by atoms with Crippen LogP contribution in [0.15, 0.2) is 36.4 Å². The fourth-order valence-corrected chi connectivity index (χ4v) is 2.50. The van der Waals surface area contributed by atoms with Gasteiger partial charge in [-0.1, -0.05) is 53.5 Å². The van der Waals surface area contributed by atoms with Gasteiger partial charge in [0, 0.05) is 0 Å². The second kappa shape index (κ2) is 6.89. The molecule has 0 bridgehead atoms. The van der Waals surface area contributed by atoms with Crippen LogP contribution in [0.5, 0.6) is 0 Å². The lowest BCUT2D eigenvalue weighted by molar-refractivity contribution is -0.117. The van der Waals surface area contributed by atoms with Crippen LogP contribution in [-0.4, -0.2) is 16.9 Å². The summed E-state index contributed by atoms with van der Waals surface area (Å²) in [4.78, 5) is 16.1. The quantitative estimate of drug-likeness (QED) is 0.849. The molecule has 0 spiro atoms. The summed E-state index contributed by atoms with van der Waals surface area (Å²) in [7, 11) is 0. The number of carbonyl (C=O) groups is 1. The van der Waals surface area contributed by atoms with Gasteiger partial charge in [-0.2, -0.15) is 0 Å². The van der Waals surface area contributed by atoms with E-state index in [0.717, 1.165) is 11.1 Å². The highest BCUT2D eigenvalue weighted by molar-refractivity contribution is 6.34. The lowest BCUT2D eigenvalue weighted by Crippen LogP contribution is -2.37. The molecule has 1 atom stereocenters. The molecule has 1 heterocycles. The van der Waals surface area contributed by atoms with Crippen LogP contribution in [-0.2, 0) is 11.2 Å². The molecule has 2 aromatic rings. The number of benzene rings is 1. The largest absolute Gasteiger partial charge is 0.322 e. The number of amides is 1. The first-order valence-corrected chi connectivity index (χ1v) is 7.16. The molecule has 0 saturated heterocycles. The Balaban J connectivity index is 2.08. The van der Waals surface area contributed by atoms with Gasteiger partial charge in [-0.15, -0.1) is 0 Å². The summed E-state index contributed by atoms with van der Waals surface area (Å²) >= 11 is 11.8. The van der Waals surface area contributed by atoms with Gasteiger partial charge >= 0.3 is 0 Å². The second-order valence-corrected chi connectivity index (χ2v) is 5.46. The third kappa shape index (κ3) is 4.17. The summed E-state index contributed by atoms with van der Waals surface area (Å²) in [5.41, 5.74) is 8.10. The van der Waals surface area contributed by atoms with E-state index in [9.17, 15) is 4.79 Å². The van der Waals surface area contributed by atoms with Crippen molar-refractivity contribution in [2.75, 3.05) is 5.32 Å². The average molecular weight is 324 g/mol. The molecule has 0 radical (unpaired) electrons. The SMILES string of the molecule is Cc1cc(Cl)nc(Cl)c1NC(=O)[C@H](N)Cc1ccccc1. The van der Waals surface area contributed by atoms with E-state index >= 15 is 0 Å². The number of aromatic nitrogens is 1. The van der Waals surface area contributed by atoms with Crippen molar-refractivity contribution < 1.29 is 4.79 Å². The molecular formula is C15H15Cl2N3O. The predicted octanol–water partition coefficient (Wildman–Crippen LogP) is 3.21. The van der Waals surface area contributed by atoms with Crippen LogP contribution in [0.4, 0.5) is 5.69 Å². The van der Waals surface area contributed by atoms with Crippen LogP contribution in [0.2, 0.25) is 10.3 Å². The number of hydrogen-bond donors (Lipinski definition) is 2. The van der Waals surface area contributed by atoms with Crippen LogP contribution < -0.4 is 11.1 Å². The highest BCUT2D eigenvalue weighted by Crippen LogP contribution is 2.26. The van der Waals surface area contributed by atoms with E-state index in [0.29, 0.717) is 12.1 Å². The molecule has 0 unspecified atom stereocenters. The zero-order valence-electron chi connectivity index (χ0n) is 11.4. The molecule has 0 aliphatic rings. The zero-order valence-corrected chi connectivity index (χ0v) is 12.9. The minimum Gasteiger partial charge on any atom is -0.322 e. The number of aryl methyl sites for hydroxylation is 1. The first kappa shape index (κ1) is 15.8. The topological polar surface area (TPSA) is 68.0 Å². The summed E-state index contributed by atoms with van der Waals surface area (Å²) in [5.74, 6) is -0.312. The van der Waals surface area contributed by atoms with Crippen LogP contribution in [0, 0.1) is 6.92 Å². The summed E-state index contributed by atoms with van der Waals surface area (Å²) in [5, 5.41) is 3.14. The van der Waals surface area contributed by atoms with Crippen molar-refractivity contribution in [1.82, 2.24) is 4.98 Å². The van der Waals surface area contributed by atoms with Crippen molar-refractivity contribution in [3.63, 3.8) is 0 Å². The predicted molar refractivity (Wildman–Crippen MR) is 85.7 cm³/mol. The lowest BCUT2D eigenvalue weighted by atomic mass is 10.1. The normalized spacial score (nSPS) is 12.0. The Morgan fingerprint density at radius 1 is 1.33 bits per heavy atom. The number of nitrogens with one attached hydrogen (secondary N) is 1. The van der Waals surface area contributed by atoms with E-state index in [2.05, 4.69) is 10.3 Å². The maximum Gasteiger partial charge on any atom is 0.241 e. The van der Waals surface area contributed by atoms with Gasteiger partial charge in [0.25, 0.3) is 0 Å². The lowest BCUT2D eigenvalue weighted by Gasteiger charge is -2.14. The van der Waals surface area contributed by atoms with Crippen molar-refractivity contribution in [1.29, 1.82) is 0 Å². The van der Waals surface area contributed by atoms with Gasteiger partial charge < -0.3 is 11.1 Å². The standard InChI is InChI=1S/C15H15Cl2N3O/c1-9-7-12(16)19-14(17)13(9)20-15(21)11(18)8-10-5-3-2-4-6-10/h2-7,11H,8,18H2,1H3,(H,20,21)/t11-/m1/s1. The highest BCUT2D eigenvalue weighted by Gasteiger charge is 2.17. The van der Waals surface area contributed by atoms with Crippen molar-refractivity contribution in [2.24, 2.45) is 5.73 Å². The van der Waals surface area contributed by atoms with Crippen LogP contribution in [0.3, 0.4) is 0 Å². The Kier molecular flexibility index (Phi) is 5.17. The Labute approximate surface area is 133 Å². The van der Waals surface area contributed by atoms with Crippen molar-refractivity contribution in [2.45, 2.75) is 19.4 Å². The van der Waals surface area contributed by atoms with Crippen LogP contribution in [0.1, 0.15) is 11.1 Å². The van der Waals surface area contributed by atoms with E-state index in [4.69, 9.17) is 28.9 Å². The van der Waals surface area contributed by atoms with E-state index < -0.39 is 6.04 Å². The summed E-state index contributed by atoms with van der Waals surface area (Å²) < 4.78 is 0. The maximum atomic E-state index is 12.2. The maximum absolute atomic E-state index is 12.2. The van der Waals surface area contributed by atoms with E-state index in [1.807, 2.05) is 30.3 Å². The number of rotatable bonds is 4. The number of pyridine rings is 1. The minimum atomic E-state index is -0.668.